The van der Waals surface area contributed by atoms with Gasteiger partial charge in [0.1, 0.15) is 5.60 Å². The van der Waals surface area contributed by atoms with Crippen molar-refractivity contribution in [2.24, 2.45) is 0 Å². The van der Waals surface area contributed by atoms with Crippen molar-refractivity contribution in [3.63, 3.8) is 0 Å². The fourth-order valence-corrected chi connectivity index (χ4v) is 3.77. The van der Waals surface area contributed by atoms with E-state index < -0.39 is 17.7 Å². The van der Waals surface area contributed by atoms with Crippen molar-refractivity contribution < 1.29 is 81.1 Å². The quantitative estimate of drug-likeness (QED) is 0.0736. The molecule has 0 aliphatic heterocycles. The molecular formula is C36H70N2O17. The topological polar surface area (TPSA) is 215 Å². The SMILES string of the molecule is CC(C)(C)OC(=O)NCCOCCOCCOCCOCCOCCOCCOCCOCCOCCOCCOCCOCCCNC(=O)CCC(=O)O. The molecule has 19 nitrogen and oxygen atoms in total. The number of carbonyl (C=O) groups is 3. The first-order valence-corrected chi connectivity index (χ1v) is 19.1. The van der Waals surface area contributed by atoms with Gasteiger partial charge in [-0.05, 0) is 27.2 Å². The Balaban J connectivity index is 3.12. The van der Waals surface area contributed by atoms with Crippen molar-refractivity contribution >= 4 is 18.0 Å². The second-order valence-corrected chi connectivity index (χ2v) is 12.4. The van der Waals surface area contributed by atoms with Gasteiger partial charge in [0, 0.05) is 26.1 Å². The van der Waals surface area contributed by atoms with Crippen LogP contribution in [0, 0.1) is 0 Å². The Kier molecular flexibility index (Phi) is 39.7. The lowest BCUT2D eigenvalue weighted by atomic mass is 10.2. The minimum absolute atomic E-state index is 0.0147. The number of carboxylic acid groups (broad SMARTS) is 1. The Morgan fingerprint density at radius 3 is 0.982 bits per heavy atom. The van der Waals surface area contributed by atoms with Gasteiger partial charge in [-0.25, -0.2) is 4.79 Å². The second-order valence-electron chi connectivity index (χ2n) is 12.4. The largest absolute Gasteiger partial charge is 0.481 e. The fraction of sp³-hybridized carbons (Fsp3) is 0.917. The number of ether oxygens (including phenoxy) is 13. The van der Waals surface area contributed by atoms with Gasteiger partial charge >= 0.3 is 12.1 Å². The van der Waals surface area contributed by atoms with E-state index in [0.717, 1.165) is 0 Å². The number of hydrogen-bond donors (Lipinski definition) is 3. The molecule has 0 unspecified atom stereocenters. The number of amides is 2. The van der Waals surface area contributed by atoms with Crippen LogP contribution in [0.2, 0.25) is 0 Å². The normalized spacial score (nSPS) is 11.5. The van der Waals surface area contributed by atoms with Gasteiger partial charge in [-0.15, -0.1) is 0 Å². The van der Waals surface area contributed by atoms with Gasteiger partial charge < -0.3 is 77.3 Å². The molecule has 2 amide bonds. The number of hydrogen-bond acceptors (Lipinski definition) is 16. The first-order chi connectivity index (χ1) is 26.7. The zero-order valence-corrected chi connectivity index (χ0v) is 33.5. The zero-order chi connectivity index (χ0) is 40.3. The van der Waals surface area contributed by atoms with Gasteiger partial charge in [-0.3, -0.25) is 9.59 Å². The van der Waals surface area contributed by atoms with Crippen LogP contribution in [0.1, 0.15) is 40.0 Å². The highest BCUT2D eigenvalue weighted by atomic mass is 16.6. The van der Waals surface area contributed by atoms with Crippen LogP contribution in [0.4, 0.5) is 4.79 Å². The van der Waals surface area contributed by atoms with Crippen molar-refractivity contribution in [3.05, 3.63) is 0 Å². The van der Waals surface area contributed by atoms with Crippen molar-refractivity contribution in [1.82, 2.24) is 10.6 Å². The maximum atomic E-state index is 11.5. The number of aliphatic carboxylic acids is 1. The summed E-state index contributed by atoms with van der Waals surface area (Å²) < 4.78 is 70.5. The lowest BCUT2D eigenvalue weighted by Crippen LogP contribution is -2.34. The Morgan fingerprint density at radius 1 is 0.400 bits per heavy atom. The summed E-state index contributed by atoms with van der Waals surface area (Å²) in [4.78, 5) is 33.3. The van der Waals surface area contributed by atoms with Crippen LogP contribution in [0.15, 0.2) is 0 Å². The van der Waals surface area contributed by atoms with Crippen LogP contribution in [0.5, 0.6) is 0 Å². The van der Waals surface area contributed by atoms with E-state index in [1.807, 2.05) is 20.8 Å². The van der Waals surface area contributed by atoms with Crippen molar-refractivity contribution in [2.75, 3.05) is 172 Å². The molecular weight excluding hydrogens is 732 g/mol. The monoisotopic (exact) mass is 802 g/mol. The van der Waals surface area contributed by atoms with E-state index in [2.05, 4.69) is 10.6 Å². The van der Waals surface area contributed by atoms with Gasteiger partial charge in [0.15, 0.2) is 0 Å². The molecule has 0 saturated carbocycles. The van der Waals surface area contributed by atoms with Crippen LogP contribution in [0.25, 0.3) is 0 Å². The van der Waals surface area contributed by atoms with E-state index in [1.54, 1.807) is 0 Å². The van der Waals surface area contributed by atoms with Crippen LogP contribution in [-0.4, -0.2) is 200 Å². The molecule has 19 heteroatoms. The fourth-order valence-electron chi connectivity index (χ4n) is 3.77. The maximum absolute atomic E-state index is 11.5. The highest BCUT2D eigenvalue weighted by Crippen LogP contribution is 2.06. The van der Waals surface area contributed by atoms with Gasteiger partial charge in [0.25, 0.3) is 0 Å². The third-order valence-corrected chi connectivity index (χ3v) is 6.36. The number of carbonyl (C=O) groups excluding carboxylic acids is 2. The van der Waals surface area contributed by atoms with Crippen molar-refractivity contribution in [3.8, 4) is 0 Å². The predicted molar refractivity (Wildman–Crippen MR) is 199 cm³/mol. The summed E-state index contributed by atoms with van der Waals surface area (Å²) in [5.41, 5.74) is -0.519. The minimum Gasteiger partial charge on any atom is -0.481 e. The summed E-state index contributed by atoms with van der Waals surface area (Å²) in [5.74, 6) is -1.26. The van der Waals surface area contributed by atoms with Crippen LogP contribution in [0.3, 0.4) is 0 Å². The summed E-state index contributed by atoms with van der Waals surface area (Å²) in [6, 6.07) is 0. The number of carboxylic acids is 1. The summed E-state index contributed by atoms with van der Waals surface area (Å²) in [6.07, 6.45) is 0.00388. The number of rotatable bonds is 43. The molecule has 0 bridgehead atoms. The van der Waals surface area contributed by atoms with Gasteiger partial charge in [0.05, 0.1) is 158 Å². The summed E-state index contributed by atoms with van der Waals surface area (Å²) in [7, 11) is 0. The van der Waals surface area contributed by atoms with E-state index in [0.29, 0.717) is 178 Å². The third kappa shape index (κ3) is 47.8. The lowest BCUT2D eigenvalue weighted by Gasteiger charge is -2.19. The average Bonchev–Trinajstić information content (AvgIpc) is 3.13. The van der Waals surface area contributed by atoms with Gasteiger partial charge in [-0.1, -0.05) is 0 Å². The lowest BCUT2D eigenvalue weighted by molar-refractivity contribution is -0.138. The molecule has 55 heavy (non-hydrogen) atoms. The third-order valence-electron chi connectivity index (χ3n) is 6.36. The van der Waals surface area contributed by atoms with Crippen LogP contribution < -0.4 is 10.6 Å². The Bertz CT molecular complexity index is 867. The molecule has 0 aliphatic rings. The maximum Gasteiger partial charge on any atom is 0.407 e. The Labute approximate surface area is 326 Å². The average molecular weight is 803 g/mol. The van der Waals surface area contributed by atoms with Crippen LogP contribution in [-0.2, 0) is 71.2 Å². The zero-order valence-electron chi connectivity index (χ0n) is 33.5. The molecule has 326 valence electrons. The number of alkyl carbamates (subject to hydrolysis) is 1. The molecule has 0 fully saturated rings. The van der Waals surface area contributed by atoms with Crippen molar-refractivity contribution in [2.45, 2.75) is 45.6 Å². The smallest absolute Gasteiger partial charge is 0.407 e. The van der Waals surface area contributed by atoms with E-state index in [4.69, 9.17) is 66.7 Å². The minimum atomic E-state index is -0.986. The second kappa shape index (κ2) is 41.4. The molecule has 3 N–H and O–H groups in total. The molecule has 0 spiro atoms. The molecule has 0 atom stereocenters. The predicted octanol–water partition coefficient (Wildman–Crippen LogP) is 1.08. The molecule has 0 aliphatic carbocycles. The molecule has 0 aromatic heterocycles. The van der Waals surface area contributed by atoms with E-state index in [9.17, 15) is 14.4 Å². The van der Waals surface area contributed by atoms with Crippen molar-refractivity contribution in [1.29, 1.82) is 0 Å². The molecule has 0 radical (unpaired) electrons. The van der Waals surface area contributed by atoms with E-state index in [1.165, 1.54) is 0 Å². The first kappa shape index (κ1) is 52.7. The molecule has 0 rings (SSSR count). The van der Waals surface area contributed by atoms with Gasteiger partial charge in [-0.2, -0.15) is 0 Å². The van der Waals surface area contributed by atoms with E-state index in [-0.39, 0.29) is 18.7 Å². The highest BCUT2D eigenvalue weighted by Gasteiger charge is 2.15. The highest BCUT2D eigenvalue weighted by molar-refractivity contribution is 5.80. The van der Waals surface area contributed by atoms with Gasteiger partial charge in [0.2, 0.25) is 5.91 Å². The molecule has 0 saturated heterocycles. The summed E-state index contributed by atoms with van der Waals surface area (Å²) in [6.45, 7) is 17.4. The standard InChI is InChI=1S/C36H70N2O17/c1-36(2,3)55-35(42)38-8-10-44-12-14-46-16-18-48-20-22-50-24-26-52-28-30-54-32-31-53-29-27-51-25-23-49-21-19-47-17-15-45-13-11-43-9-4-7-37-33(39)5-6-34(40)41/h4-32H2,1-3H3,(H,37,39)(H,38,42)(H,40,41). The molecule has 0 aromatic rings. The number of nitrogens with one attached hydrogen (secondary N) is 2. The van der Waals surface area contributed by atoms with Crippen LogP contribution >= 0.6 is 0 Å². The Hall–Kier alpha value is -2.27. The summed E-state index contributed by atoms with van der Waals surface area (Å²) in [5, 5.41) is 13.8. The molecule has 0 aromatic carbocycles. The van der Waals surface area contributed by atoms with E-state index >= 15 is 0 Å². The first-order valence-electron chi connectivity index (χ1n) is 19.1. The molecule has 0 heterocycles. The summed E-state index contributed by atoms with van der Waals surface area (Å²) >= 11 is 0. The Morgan fingerprint density at radius 2 is 0.691 bits per heavy atom.